The molecule has 3 rings (SSSR count). The van der Waals surface area contributed by atoms with Crippen molar-refractivity contribution in [3.8, 4) is 0 Å². The third-order valence-electron chi connectivity index (χ3n) is 3.07. The highest BCUT2D eigenvalue weighted by Crippen LogP contribution is 2.20. The van der Waals surface area contributed by atoms with Crippen LogP contribution in [0.4, 0.5) is 0 Å². The van der Waals surface area contributed by atoms with Crippen molar-refractivity contribution in [1.82, 2.24) is 15.3 Å². The largest absolute Gasteiger partial charge is 0.341 e. The van der Waals surface area contributed by atoms with E-state index in [9.17, 15) is 8.42 Å². The van der Waals surface area contributed by atoms with Crippen LogP contribution in [0.3, 0.4) is 0 Å². The lowest BCUT2D eigenvalue weighted by atomic mass is 10.3. The molecule has 2 N–H and O–H groups in total. The number of nitrogens with zero attached hydrogens (tertiary/aromatic N) is 1. The average Bonchev–Trinajstić information content (AvgIpc) is 3.03. The maximum atomic E-state index is 11.5. The number of sulfone groups is 1. The van der Waals surface area contributed by atoms with Crippen molar-refractivity contribution >= 4 is 20.9 Å². The minimum absolute atomic E-state index is 0.320. The first kappa shape index (κ1) is 11.7. The van der Waals surface area contributed by atoms with Crippen molar-refractivity contribution in [1.29, 1.82) is 0 Å². The van der Waals surface area contributed by atoms with E-state index in [4.69, 9.17) is 0 Å². The molecule has 96 valence electrons. The molecule has 1 saturated carbocycles. The second-order valence-electron chi connectivity index (χ2n) is 4.79. The second-order valence-corrected chi connectivity index (χ2v) is 6.81. The molecule has 0 aliphatic heterocycles. The summed E-state index contributed by atoms with van der Waals surface area (Å²) >= 11 is 0. The Labute approximate surface area is 106 Å². The summed E-state index contributed by atoms with van der Waals surface area (Å²) in [5.74, 6) is 0.850. The van der Waals surface area contributed by atoms with Gasteiger partial charge < -0.3 is 10.3 Å². The number of benzene rings is 1. The van der Waals surface area contributed by atoms with Crippen molar-refractivity contribution < 1.29 is 8.42 Å². The molecule has 1 aromatic heterocycles. The number of nitrogens with one attached hydrogen (secondary N) is 2. The van der Waals surface area contributed by atoms with E-state index in [1.807, 2.05) is 0 Å². The molecule has 2 aromatic rings. The summed E-state index contributed by atoms with van der Waals surface area (Å²) in [7, 11) is -3.16. The molecule has 0 spiro atoms. The van der Waals surface area contributed by atoms with Gasteiger partial charge in [0.25, 0.3) is 0 Å². The zero-order valence-corrected chi connectivity index (χ0v) is 10.9. The highest BCUT2D eigenvalue weighted by atomic mass is 32.2. The molecule has 0 radical (unpaired) electrons. The number of fused-ring (bicyclic) bond motifs is 1. The predicted molar refractivity (Wildman–Crippen MR) is 69.1 cm³/mol. The number of H-pyrrole nitrogens is 1. The summed E-state index contributed by atoms with van der Waals surface area (Å²) in [6, 6.07) is 5.60. The van der Waals surface area contributed by atoms with Gasteiger partial charge in [0.2, 0.25) is 0 Å². The van der Waals surface area contributed by atoms with Gasteiger partial charge in [-0.2, -0.15) is 0 Å². The van der Waals surface area contributed by atoms with Crippen LogP contribution in [0.15, 0.2) is 23.1 Å². The van der Waals surface area contributed by atoms with Crippen LogP contribution in [0.2, 0.25) is 0 Å². The Kier molecular flexibility index (Phi) is 2.64. The molecule has 1 aliphatic carbocycles. The summed E-state index contributed by atoms with van der Waals surface area (Å²) in [4.78, 5) is 7.90. The third-order valence-corrected chi connectivity index (χ3v) is 4.18. The van der Waals surface area contributed by atoms with Crippen LogP contribution in [0, 0.1) is 0 Å². The lowest BCUT2D eigenvalue weighted by Crippen LogP contribution is -2.16. The van der Waals surface area contributed by atoms with Gasteiger partial charge in [-0.1, -0.05) is 0 Å². The summed E-state index contributed by atoms with van der Waals surface area (Å²) in [6.07, 6.45) is 3.68. The highest BCUT2D eigenvalue weighted by molar-refractivity contribution is 7.90. The summed E-state index contributed by atoms with van der Waals surface area (Å²) in [5, 5.41) is 3.37. The molecule has 0 saturated heterocycles. The fraction of sp³-hybridized carbons (Fsp3) is 0.417. The van der Waals surface area contributed by atoms with E-state index in [0.29, 0.717) is 17.5 Å². The number of imidazole rings is 1. The standard InChI is InChI=1S/C12H15N3O2S/c1-18(16,17)9-4-5-10-11(6-9)15-12(14-10)7-13-8-2-3-8/h4-6,8,13H,2-3,7H2,1H3,(H,14,15). The first-order valence-corrected chi connectivity index (χ1v) is 7.83. The number of aromatic nitrogens is 2. The molecule has 0 bridgehead atoms. The Morgan fingerprint density at radius 2 is 2.22 bits per heavy atom. The Morgan fingerprint density at radius 1 is 1.44 bits per heavy atom. The lowest BCUT2D eigenvalue weighted by molar-refractivity contribution is 0.602. The van der Waals surface area contributed by atoms with Crippen LogP contribution in [0.1, 0.15) is 18.7 Å². The van der Waals surface area contributed by atoms with Crippen LogP contribution in [-0.4, -0.2) is 30.7 Å². The van der Waals surface area contributed by atoms with Crippen LogP contribution in [-0.2, 0) is 16.4 Å². The molecule has 1 fully saturated rings. The van der Waals surface area contributed by atoms with E-state index >= 15 is 0 Å². The molecule has 5 nitrogen and oxygen atoms in total. The molecule has 1 aliphatic rings. The summed E-state index contributed by atoms with van der Waals surface area (Å²) in [5.41, 5.74) is 1.57. The molecule has 0 amide bonds. The molecule has 6 heteroatoms. The van der Waals surface area contributed by atoms with Crippen LogP contribution in [0.25, 0.3) is 11.0 Å². The Bertz CT molecular complexity index is 686. The van der Waals surface area contributed by atoms with Crippen molar-refractivity contribution in [2.24, 2.45) is 0 Å². The molecule has 0 unspecified atom stereocenters. The molecule has 1 aromatic carbocycles. The van der Waals surface area contributed by atoms with Gasteiger partial charge in [-0.15, -0.1) is 0 Å². The van der Waals surface area contributed by atoms with Gasteiger partial charge >= 0.3 is 0 Å². The molecule has 0 atom stereocenters. The van der Waals surface area contributed by atoms with Gasteiger partial charge in [-0.05, 0) is 31.0 Å². The zero-order valence-electron chi connectivity index (χ0n) is 10.1. The molecular weight excluding hydrogens is 250 g/mol. The lowest BCUT2D eigenvalue weighted by Gasteiger charge is -1.97. The Hall–Kier alpha value is -1.40. The SMILES string of the molecule is CS(=O)(=O)c1ccc2nc(CNC3CC3)[nH]c2c1. The van der Waals surface area contributed by atoms with E-state index in [1.165, 1.54) is 19.1 Å². The van der Waals surface area contributed by atoms with E-state index in [0.717, 1.165) is 16.9 Å². The smallest absolute Gasteiger partial charge is 0.175 e. The number of rotatable bonds is 4. The van der Waals surface area contributed by atoms with Gasteiger partial charge in [0, 0.05) is 12.3 Å². The predicted octanol–water partition coefficient (Wildman–Crippen LogP) is 1.22. The quantitative estimate of drug-likeness (QED) is 0.871. The maximum Gasteiger partial charge on any atom is 0.175 e. The molecule has 1 heterocycles. The van der Waals surface area contributed by atoms with Crippen molar-refractivity contribution in [2.45, 2.75) is 30.3 Å². The second kappa shape index (κ2) is 4.07. The highest BCUT2D eigenvalue weighted by Gasteiger charge is 2.20. The van der Waals surface area contributed by atoms with E-state index < -0.39 is 9.84 Å². The van der Waals surface area contributed by atoms with Crippen LogP contribution < -0.4 is 5.32 Å². The fourth-order valence-corrected chi connectivity index (χ4v) is 2.53. The Morgan fingerprint density at radius 3 is 2.89 bits per heavy atom. The first-order valence-electron chi connectivity index (χ1n) is 5.94. The number of aromatic amines is 1. The molecule has 18 heavy (non-hydrogen) atoms. The fourth-order valence-electron chi connectivity index (χ4n) is 1.88. The molecular formula is C12H15N3O2S. The van der Waals surface area contributed by atoms with Crippen molar-refractivity contribution in [2.75, 3.05) is 6.26 Å². The third kappa shape index (κ3) is 2.39. The van der Waals surface area contributed by atoms with Crippen LogP contribution >= 0.6 is 0 Å². The normalized spacial score (nSPS) is 16.3. The van der Waals surface area contributed by atoms with Gasteiger partial charge in [-0.25, -0.2) is 13.4 Å². The maximum absolute atomic E-state index is 11.5. The van der Waals surface area contributed by atoms with Gasteiger partial charge in [0.1, 0.15) is 5.82 Å². The minimum atomic E-state index is -3.16. The van der Waals surface area contributed by atoms with Crippen molar-refractivity contribution in [3.05, 3.63) is 24.0 Å². The van der Waals surface area contributed by atoms with Crippen LogP contribution in [0.5, 0.6) is 0 Å². The summed E-state index contributed by atoms with van der Waals surface area (Å²) in [6.45, 7) is 0.702. The van der Waals surface area contributed by atoms with Gasteiger partial charge in [-0.3, -0.25) is 0 Å². The number of hydrogen-bond donors (Lipinski definition) is 2. The van der Waals surface area contributed by atoms with E-state index in [1.54, 1.807) is 18.2 Å². The monoisotopic (exact) mass is 265 g/mol. The van der Waals surface area contributed by atoms with E-state index in [-0.39, 0.29) is 0 Å². The zero-order chi connectivity index (χ0) is 12.8. The van der Waals surface area contributed by atoms with E-state index in [2.05, 4.69) is 15.3 Å². The number of hydrogen-bond acceptors (Lipinski definition) is 4. The van der Waals surface area contributed by atoms with Gasteiger partial charge in [0.05, 0.1) is 22.5 Å². The minimum Gasteiger partial charge on any atom is -0.341 e. The van der Waals surface area contributed by atoms with Crippen molar-refractivity contribution in [3.63, 3.8) is 0 Å². The first-order chi connectivity index (χ1) is 8.52. The van der Waals surface area contributed by atoms with Gasteiger partial charge in [0.15, 0.2) is 9.84 Å². The Balaban J connectivity index is 1.90. The summed E-state index contributed by atoms with van der Waals surface area (Å²) < 4.78 is 22.9. The average molecular weight is 265 g/mol. The topological polar surface area (TPSA) is 74.8 Å².